The molecule has 0 spiro atoms. The topological polar surface area (TPSA) is 56.3 Å². The van der Waals surface area contributed by atoms with E-state index in [0.717, 1.165) is 5.56 Å². The average molecular weight is 303 g/mol. The molecule has 0 atom stereocenters. The first-order valence-electron chi connectivity index (χ1n) is 6.11. The lowest BCUT2D eigenvalue weighted by molar-refractivity contribution is 0.475. The zero-order chi connectivity index (χ0) is 15.2. The number of hydrogen-bond donors (Lipinski definition) is 4. The van der Waals surface area contributed by atoms with Gasteiger partial charge in [-0.25, -0.2) is 4.39 Å². The summed E-state index contributed by atoms with van der Waals surface area (Å²) in [6, 6.07) is 12.4. The van der Waals surface area contributed by atoms with Gasteiger partial charge in [0, 0.05) is 5.69 Å². The fraction of sp³-hybridized carbons (Fsp3) is 0. The van der Waals surface area contributed by atoms with Crippen LogP contribution in [0.25, 0.3) is 5.70 Å². The Morgan fingerprint density at radius 2 is 1.62 bits per heavy atom. The number of hydrazine groups is 1. The molecule has 0 amide bonds. The third-order valence-corrected chi connectivity index (χ3v) is 2.85. The molecular weight excluding hydrogens is 289 g/mol. The van der Waals surface area contributed by atoms with Crippen molar-refractivity contribution in [1.29, 1.82) is 0 Å². The Morgan fingerprint density at radius 3 is 2.24 bits per heavy atom. The highest BCUT2D eigenvalue weighted by atomic mass is 32.1. The highest BCUT2D eigenvalue weighted by Gasteiger charge is 2.01. The number of aromatic hydroxyl groups is 1. The van der Waals surface area contributed by atoms with Crippen LogP contribution in [0.1, 0.15) is 5.56 Å². The predicted molar refractivity (Wildman–Crippen MR) is 86.0 cm³/mol. The standard InChI is InChI=1S/C15H14FN3OS/c1-10(11-2-8-14(20)9-3-11)18-19-15(21)17-13-6-4-12(16)5-7-13/h2-9,18,20H,1H2,(H2,17,19,21). The Morgan fingerprint density at radius 1 is 1.00 bits per heavy atom. The Balaban J connectivity index is 1.84. The van der Waals surface area contributed by atoms with Gasteiger partial charge >= 0.3 is 0 Å². The average Bonchev–Trinajstić information content (AvgIpc) is 2.48. The highest BCUT2D eigenvalue weighted by molar-refractivity contribution is 7.80. The first-order valence-corrected chi connectivity index (χ1v) is 6.52. The van der Waals surface area contributed by atoms with E-state index in [1.807, 2.05) is 0 Å². The fourth-order valence-electron chi connectivity index (χ4n) is 1.56. The van der Waals surface area contributed by atoms with Crippen LogP contribution >= 0.6 is 12.2 Å². The van der Waals surface area contributed by atoms with E-state index in [4.69, 9.17) is 12.2 Å². The van der Waals surface area contributed by atoms with Gasteiger partial charge in [0.1, 0.15) is 11.6 Å². The zero-order valence-corrected chi connectivity index (χ0v) is 11.9. The molecule has 4 nitrogen and oxygen atoms in total. The summed E-state index contributed by atoms with van der Waals surface area (Å²) in [5.41, 5.74) is 7.70. The number of phenolic OH excluding ortho intramolecular Hbond substituents is 1. The number of anilines is 1. The van der Waals surface area contributed by atoms with Crippen LogP contribution in [0.5, 0.6) is 5.75 Å². The van der Waals surface area contributed by atoms with Crippen LogP contribution in [-0.4, -0.2) is 10.2 Å². The molecule has 0 heterocycles. The number of nitrogens with one attached hydrogen (secondary N) is 3. The molecule has 0 aromatic heterocycles. The van der Waals surface area contributed by atoms with Crippen molar-refractivity contribution in [2.24, 2.45) is 0 Å². The largest absolute Gasteiger partial charge is 0.508 e. The molecule has 0 saturated carbocycles. The highest BCUT2D eigenvalue weighted by Crippen LogP contribution is 2.14. The smallest absolute Gasteiger partial charge is 0.189 e. The van der Waals surface area contributed by atoms with Gasteiger partial charge in [-0.2, -0.15) is 0 Å². The van der Waals surface area contributed by atoms with Gasteiger partial charge in [0.2, 0.25) is 0 Å². The van der Waals surface area contributed by atoms with Crippen molar-refractivity contribution in [2.75, 3.05) is 5.32 Å². The lowest BCUT2D eigenvalue weighted by Gasteiger charge is -2.14. The van der Waals surface area contributed by atoms with Gasteiger partial charge in [0.25, 0.3) is 0 Å². The van der Waals surface area contributed by atoms with Gasteiger partial charge in [0.15, 0.2) is 5.11 Å². The third kappa shape index (κ3) is 4.47. The number of halogens is 1. The molecule has 4 N–H and O–H groups in total. The summed E-state index contributed by atoms with van der Waals surface area (Å²) in [7, 11) is 0. The Bertz CT molecular complexity index is 641. The maximum absolute atomic E-state index is 12.8. The summed E-state index contributed by atoms with van der Waals surface area (Å²) < 4.78 is 12.8. The van der Waals surface area contributed by atoms with Crippen molar-refractivity contribution in [2.45, 2.75) is 0 Å². The van der Waals surface area contributed by atoms with Crippen molar-refractivity contribution in [3.63, 3.8) is 0 Å². The molecule has 0 aliphatic heterocycles. The summed E-state index contributed by atoms with van der Waals surface area (Å²) in [6.45, 7) is 3.85. The van der Waals surface area contributed by atoms with E-state index < -0.39 is 0 Å². The van der Waals surface area contributed by atoms with Gasteiger partial charge in [-0.3, -0.25) is 10.9 Å². The van der Waals surface area contributed by atoms with Crippen LogP contribution in [0.15, 0.2) is 55.1 Å². The first-order chi connectivity index (χ1) is 10.0. The van der Waals surface area contributed by atoms with E-state index in [2.05, 4.69) is 22.7 Å². The molecule has 2 rings (SSSR count). The maximum Gasteiger partial charge on any atom is 0.189 e. The number of phenols is 1. The third-order valence-electron chi connectivity index (χ3n) is 2.64. The number of hydrogen-bond acceptors (Lipinski definition) is 3. The summed E-state index contributed by atoms with van der Waals surface area (Å²) in [6.07, 6.45) is 0. The minimum absolute atomic E-state index is 0.188. The molecule has 6 heteroatoms. The predicted octanol–water partition coefficient (Wildman–Crippen LogP) is 2.99. The quantitative estimate of drug-likeness (QED) is 0.517. The van der Waals surface area contributed by atoms with Crippen LogP contribution in [0.2, 0.25) is 0 Å². The van der Waals surface area contributed by atoms with E-state index in [0.29, 0.717) is 16.5 Å². The van der Waals surface area contributed by atoms with Crippen molar-refractivity contribution in [3.8, 4) is 5.75 Å². The molecule has 0 aliphatic rings. The van der Waals surface area contributed by atoms with Gasteiger partial charge in [-0.05, 0) is 66.3 Å². The summed E-state index contributed by atoms with van der Waals surface area (Å²) in [5.74, 6) is -0.119. The van der Waals surface area contributed by atoms with Crippen molar-refractivity contribution < 1.29 is 9.50 Å². The molecule has 2 aromatic rings. The molecule has 108 valence electrons. The van der Waals surface area contributed by atoms with Crippen molar-refractivity contribution >= 4 is 28.7 Å². The minimum Gasteiger partial charge on any atom is -0.508 e. The van der Waals surface area contributed by atoms with Crippen LogP contribution in [0.3, 0.4) is 0 Å². The van der Waals surface area contributed by atoms with Crippen molar-refractivity contribution in [3.05, 3.63) is 66.5 Å². The second-order valence-corrected chi connectivity index (χ2v) is 4.64. The van der Waals surface area contributed by atoms with Crippen molar-refractivity contribution in [1.82, 2.24) is 10.9 Å². The minimum atomic E-state index is -0.307. The normalized spacial score (nSPS) is 9.76. The van der Waals surface area contributed by atoms with Crippen LogP contribution in [-0.2, 0) is 0 Å². The number of thiocarbonyl (C=S) groups is 1. The van der Waals surface area contributed by atoms with E-state index in [1.165, 1.54) is 12.1 Å². The maximum atomic E-state index is 12.8. The van der Waals surface area contributed by atoms with E-state index in [1.54, 1.807) is 36.4 Å². The van der Waals surface area contributed by atoms with Gasteiger partial charge in [-0.15, -0.1) is 0 Å². The number of benzene rings is 2. The Hall–Kier alpha value is -2.60. The molecule has 2 aromatic carbocycles. The zero-order valence-electron chi connectivity index (χ0n) is 11.1. The van der Waals surface area contributed by atoms with Crippen LogP contribution in [0.4, 0.5) is 10.1 Å². The molecule has 0 saturated heterocycles. The van der Waals surface area contributed by atoms with Crippen LogP contribution < -0.4 is 16.2 Å². The SMILES string of the molecule is C=C(NNC(=S)Nc1ccc(F)cc1)c1ccc(O)cc1. The van der Waals surface area contributed by atoms with Gasteiger partial charge in [0.05, 0.1) is 5.70 Å². The second kappa shape index (κ2) is 6.71. The molecule has 21 heavy (non-hydrogen) atoms. The molecule has 0 radical (unpaired) electrons. The Kier molecular flexibility index (Phi) is 4.73. The van der Waals surface area contributed by atoms with E-state index in [-0.39, 0.29) is 11.6 Å². The lowest BCUT2D eigenvalue weighted by Crippen LogP contribution is -2.38. The molecular formula is C15H14FN3OS. The molecule has 0 bridgehead atoms. The summed E-state index contributed by atoms with van der Waals surface area (Å²) in [4.78, 5) is 0. The fourth-order valence-corrected chi connectivity index (χ4v) is 1.73. The summed E-state index contributed by atoms with van der Waals surface area (Å²) in [5, 5.41) is 12.4. The second-order valence-electron chi connectivity index (χ2n) is 4.24. The van der Waals surface area contributed by atoms with E-state index in [9.17, 15) is 9.50 Å². The molecule has 0 aliphatic carbocycles. The van der Waals surface area contributed by atoms with Gasteiger partial charge in [-0.1, -0.05) is 6.58 Å². The summed E-state index contributed by atoms with van der Waals surface area (Å²) >= 11 is 5.10. The number of rotatable bonds is 4. The Labute approximate surface area is 127 Å². The van der Waals surface area contributed by atoms with Crippen LogP contribution in [0, 0.1) is 5.82 Å². The van der Waals surface area contributed by atoms with E-state index >= 15 is 0 Å². The lowest BCUT2D eigenvalue weighted by atomic mass is 10.2. The molecule has 0 unspecified atom stereocenters. The monoisotopic (exact) mass is 303 g/mol. The van der Waals surface area contributed by atoms with Gasteiger partial charge < -0.3 is 10.4 Å². The first kappa shape index (κ1) is 14.8. The molecule has 0 fully saturated rings.